The molecular weight excluding hydrogens is 450 g/mol. The van der Waals surface area contributed by atoms with Crippen molar-refractivity contribution in [2.45, 2.75) is 50.9 Å². The number of aromatic nitrogens is 4. The maximum atomic E-state index is 10.3. The van der Waals surface area contributed by atoms with Crippen LogP contribution in [0.5, 0.6) is 5.75 Å². The van der Waals surface area contributed by atoms with Gasteiger partial charge in [-0.2, -0.15) is 9.97 Å². The number of imidazole rings is 1. The molecule has 4 aromatic rings. The molecule has 1 aliphatic rings. The molecule has 9 heteroatoms. The zero-order valence-corrected chi connectivity index (χ0v) is 19.5. The van der Waals surface area contributed by atoms with Crippen LogP contribution in [0.1, 0.15) is 36.8 Å². The zero-order chi connectivity index (χ0) is 23.5. The number of rotatable bonds is 7. The third-order valence-electron chi connectivity index (χ3n) is 6.28. The molecule has 0 aliphatic heterocycles. The van der Waals surface area contributed by atoms with Gasteiger partial charge in [0, 0.05) is 24.2 Å². The van der Waals surface area contributed by atoms with E-state index in [0.717, 1.165) is 36.9 Å². The van der Waals surface area contributed by atoms with Crippen LogP contribution in [0.2, 0.25) is 5.02 Å². The third-order valence-corrected chi connectivity index (χ3v) is 6.59. The number of nitrogens with one attached hydrogen (secondary N) is 2. The standard InChI is InChI=1S/C25H28ClN7O/c26-20-8-4-7-17(22(20)34)13-28-23-21-24(33(15-29-21)14-16-5-2-1-3-6-16)32-25(31-23)30-19-11-9-18(27)10-12-19/h1-8,15,18-19,34H,9-14,27H2,(H2,28,30,31,32). The molecular formula is C25H28ClN7O. The van der Waals surface area contributed by atoms with Gasteiger partial charge >= 0.3 is 0 Å². The second kappa shape index (κ2) is 9.87. The Morgan fingerprint density at radius 1 is 1.03 bits per heavy atom. The quantitative estimate of drug-likeness (QED) is 0.309. The van der Waals surface area contributed by atoms with Crippen molar-refractivity contribution in [2.75, 3.05) is 10.6 Å². The van der Waals surface area contributed by atoms with Gasteiger partial charge in [-0.25, -0.2) is 4.98 Å². The first-order valence-corrected chi connectivity index (χ1v) is 11.9. The predicted octanol–water partition coefficient (Wildman–Crippen LogP) is 4.53. The molecule has 5 N–H and O–H groups in total. The summed E-state index contributed by atoms with van der Waals surface area (Å²) in [6.07, 6.45) is 5.75. The number of benzene rings is 2. The van der Waals surface area contributed by atoms with Crippen LogP contribution < -0.4 is 16.4 Å². The molecule has 0 atom stereocenters. The lowest BCUT2D eigenvalue weighted by Crippen LogP contribution is -2.33. The second-order valence-corrected chi connectivity index (χ2v) is 9.19. The molecule has 176 valence electrons. The van der Waals surface area contributed by atoms with Gasteiger partial charge in [0.25, 0.3) is 0 Å². The number of halogens is 1. The molecule has 34 heavy (non-hydrogen) atoms. The van der Waals surface area contributed by atoms with E-state index < -0.39 is 0 Å². The highest BCUT2D eigenvalue weighted by Crippen LogP contribution is 2.29. The molecule has 0 spiro atoms. The maximum Gasteiger partial charge on any atom is 0.227 e. The Kier molecular flexibility index (Phi) is 6.51. The van der Waals surface area contributed by atoms with E-state index in [0.29, 0.717) is 41.0 Å². The Hall–Kier alpha value is -3.36. The van der Waals surface area contributed by atoms with Crippen LogP contribution in [-0.2, 0) is 13.1 Å². The molecule has 1 saturated carbocycles. The van der Waals surface area contributed by atoms with E-state index in [2.05, 4.69) is 27.8 Å². The molecule has 1 fully saturated rings. The number of phenolic OH excluding ortho intramolecular Hbond substituents is 1. The van der Waals surface area contributed by atoms with Gasteiger partial charge in [-0.1, -0.05) is 54.1 Å². The van der Waals surface area contributed by atoms with Gasteiger partial charge in [0.2, 0.25) is 5.95 Å². The van der Waals surface area contributed by atoms with E-state index in [1.165, 1.54) is 0 Å². The van der Waals surface area contributed by atoms with Crippen LogP contribution in [-0.4, -0.2) is 36.7 Å². The monoisotopic (exact) mass is 477 g/mol. The number of fused-ring (bicyclic) bond motifs is 1. The van der Waals surface area contributed by atoms with Gasteiger partial charge in [0.05, 0.1) is 17.9 Å². The smallest absolute Gasteiger partial charge is 0.227 e. The van der Waals surface area contributed by atoms with E-state index in [1.54, 1.807) is 12.4 Å². The minimum Gasteiger partial charge on any atom is -0.506 e. The van der Waals surface area contributed by atoms with Crippen molar-refractivity contribution >= 4 is 34.5 Å². The van der Waals surface area contributed by atoms with Crippen LogP contribution in [0.25, 0.3) is 11.2 Å². The number of anilines is 2. The van der Waals surface area contributed by atoms with Crippen LogP contribution in [0.4, 0.5) is 11.8 Å². The third kappa shape index (κ3) is 4.93. The number of nitrogens with zero attached hydrogens (tertiary/aromatic N) is 4. The highest BCUT2D eigenvalue weighted by molar-refractivity contribution is 6.32. The van der Waals surface area contributed by atoms with Crippen molar-refractivity contribution in [3.05, 3.63) is 71.0 Å². The number of hydrogen-bond donors (Lipinski definition) is 4. The summed E-state index contributed by atoms with van der Waals surface area (Å²) in [5.41, 5.74) is 9.33. The highest BCUT2D eigenvalue weighted by Gasteiger charge is 2.21. The first-order chi connectivity index (χ1) is 16.6. The topological polar surface area (TPSA) is 114 Å². The van der Waals surface area contributed by atoms with E-state index in [4.69, 9.17) is 27.3 Å². The van der Waals surface area contributed by atoms with E-state index >= 15 is 0 Å². The Labute approximate surface area is 203 Å². The van der Waals surface area contributed by atoms with Gasteiger partial charge in [-0.15, -0.1) is 0 Å². The molecule has 0 saturated heterocycles. The first kappa shape index (κ1) is 22.4. The van der Waals surface area contributed by atoms with Crippen molar-refractivity contribution in [3.8, 4) is 5.75 Å². The Balaban J connectivity index is 1.46. The number of para-hydroxylation sites is 1. The lowest BCUT2D eigenvalue weighted by atomic mass is 9.92. The molecule has 8 nitrogen and oxygen atoms in total. The summed E-state index contributed by atoms with van der Waals surface area (Å²) in [7, 11) is 0. The van der Waals surface area contributed by atoms with Gasteiger partial charge in [0.1, 0.15) is 5.75 Å². The molecule has 2 aromatic heterocycles. The lowest BCUT2D eigenvalue weighted by Gasteiger charge is -2.26. The molecule has 0 unspecified atom stereocenters. The fourth-order valence-electron chi connectivity index (χ4n) is 4.36. The van der Waals surface area contributed by atoms with Crippen molar-refractivity contribution in [2.24, 2.45) is 5.73 Å². The molecule has 2 heterocycles. The van der Waals surface area contributed by atoms with Crippen LogP contribution >= 0.6 is 11.6 Å². The minimum atomic E-state index is 0.0634. The average molecular weight is 478 g/mol. The second-order valence-electron chi connectivity index (χ2n) is 8.78. The van der Waals surface area contributed by atoms with Gasteiger partial charge in [-0.05, 0) is 37.3 Å². The number of phenols is 1. The molecule has 0 bridgehead atoms. The van der Waals surface area contributed by atoms with Crippen LogP contribution in [0, 0.1) is 0 Å². The van der Waals surface area contributed by atoms with Gasteiger partial charge in [0.15, 0.2) is 17.0 Å². The summed E-state index contributed by atoms with van der Waals surface area (Å²) in [5, 5.41) is 17.5. The number of aromatic hydroxyl groups is 1. The molecule has 0 radical (unpaired) electrons. The largest absolute Gasteiger partial charge is 0.506 e. The zero-order valence-electron chi connectivity index (χ0n) is 18.8. The Morgan fingerprint density at radius 2 is 1.82 bits per heavy atom. The fourth-order valence-corrected chi connectivity index (χ4v) is 4.55. The van der Waals surface area contributed by atoms with Crippen LogP contribution in [0.3, 0.4) is 0 Å². The van der Waals surface area contributed by atoms with Crippen molar-refractivity contribution in [1.82, 2.24) is 19.5 Å². The van der Waals surface area contributed by atoms with Gasteiger partial charge < -0.3 is 26.0 Å². The highest BCUT2D eigenvalue weighted by atomic mass is 35.5. The molecule has 0 amide bonds. The summed E-state index contributed by atoms with van der Waals surface area (Å²) in [6.45, 7) is 1.00. The Morgan fingerprint density at radius 3 is 2.62 bits per heavy atom. The lowest BCUT2D eigenvalue weighted by molar-refractivity contribution is 0.410. The molecule has 2 aromatic carbocycles. The first-order valence-electron chi connectivity index (χ1n) is 11.6. The van der Waals surface area contributed by atoms with E-state index in [1.807, 2.05) is 34.9 Å². The number of hydrogen-bond acceptors (Lipinski definition) is 7. The van der Waals surface area contributed by atoms with Crippen molar-refractivity contribution in [3.63, 3.8) is 0 Å². The summed E-state index contributed by atoms with van der Waals surface area (Å²) in [6, 6.07) is 16.1. The summed E-state index contributed by atoms with van der Waals surface area (Å²) < 4.78 is 2.02. The summed E-state index contributed by atoms with van der Waals surface area (Å²) in [4.78, 5) is 14.2. The van der Waals surface area contributed by atoms with E-state index in [-0.39, 0.29) is 17.8 Å². The normalized spacial score (nSPS) is 18.2. The number of nitrogens with two attached hydrogens (primary N) is 1. The Bertz CT molecular complexity index is 1270. The molecule has 1 aliphatic carbocycles. The van der Waals surface area contributed by atoms with E-state index in [9.17, 15) is 5.11 Å². The fraction of sp³-hybridized carbons (Fsp3) is 0.320. The maximum absolute atomic E-state index is 10.3. The van der Waals surface area contributed by atoms with Crippen molar-refractivity contribution in [1.29, 1.82) is 0 Å². The predicted molar refractivity (Wildman–Crippen MR) is 135 cm³/mol. The van der Waals surface area contributed by atoms with Crippen molar-refractivity contribution < 1.29 is 5.11 Å². The summed E-state index contributed by atoms with van der Waals surface area (Å²) in [5.74, 6) is 1.22. The van der Waals surface area contributed by atoms with Crippen LogP contribution in [0.15, 0.2) is 54.9 Å². The average Bonchev–Trinajstić information content (AvgIpc) is 3.24. The molecule has 5 rings (SSSR count). The summed E-state index contributed by atoms with van der Waals surface area (Å²) >= 11 is 6.08. The SMILES string of the molecule is NC1CCC(Nc2nc(NCc3cccc(Cl)c3O)c3ncn(Cc4ccccc4)c3n2)CC1. The van der Waals surface area contributed by atoms with Gasteiger partial charge in [-0.3, -0.25) is 0 Å². The minimum absolute atomic E-state index is 0.0634.